The lowest BCUT2D eigenvalue weighted by Gasteiger charge is -2.08. The highest BCUT2D eigenvalue weighted by Gasteiger charge is 2.15. The van der Waals surface area contributed by atoms with E-state index in [1.807, 2.05) is 31.2 Å². The van der Waals surface area contributed by atoms with Gasteiger partial charge in [0.05, 0.1) is 30.5 Å². The minimum Gasteiger partial charge on any atom is -0.465 e. The quantitative estimate of drug-likeness (QED) is 0.482. The molecule has 144 valence electrons. The maximum Gasteiger partial charge on any atom is 0.339 e. The van der Waals surface area contributed by atoms with E-state index in [4.69, 9.17) is 9.15 Å². The van der Waals surface area contributed by atoms with Gasteiger partial charge in [0.2, 0.25) is 11.8 Å². The van der Waals surface area contributed by atoms with Crippen molar-refractivity contribution in [3.63, 3.8) is 0 Å². The fraction of sp³-hybridized carbons (Fsp3) is 0.200. The Bertz CT molecular complexity index is 970. The lowest BCUT2D eigenvalue weighted by Crippen LogP contribution is -2.17. The van der Waals surface area contributed by atoms with Crippen LogP contribution in [0, 0.1) is 6.92 Å². The number of carbonyl (C=O) groups is 2. The van der Waals surface area contributed by atoms with E-state index in [1.54, 1.807) is 24.3 Å². The summed E-state index contributed by atoms with van der Waals surface area (Å²) in [6.07, 6.45) is 0.534. The third kappa shape index (κ3) is 5.20. The number of nitrogens with zero attached hydrogens (tertiary/aromatic N) is 2. The molecule has 0 fully saturated rings. The van der Waals surface area contributed by atoms with E-state index in [1.165, 1.54) is 12.7 Å². The molecule has 0 saturated carbocycles. The number of methoxy groups -OCH3 is 1. The predicted molar refractivity (Wildman–Crippen MR) is 105 cm³/mol. The van der Waals surface area contributed by atoms with Crippen molar-refractivity contribution >= 4 is 29.3 Å². The first-order valence-electron chi connectivity index (χ1n) is 8.53. The molecular formula is C20H19N3O4S. The molecule has 0 radical (unpaired) electrons. The summed E-state index contributed by atoms with van der Waals surface area (Å²) in [5, 5.41) is 11.0. The molecule has 7 nitrogen and oxygen atoms in total. The normalized spacial score (nSPS) is 10.5. The number of aromatic nitrogens is 2. The van der Waals surface area contributed by atoms with Crippen LogP contribution in [0.1, 0.15) is 27.4 Å². The Hall–Kier alpha value is -3.13. The van der Waals surface area contributed by atoms with Crippen molar-refractivity contribution in [2.45, 2.75) is 18.6 Å². The summed E-state index contributed by atoms with van der Waals surface area (Å²) in [6.45, 7) is 2.03. The average molecular weight is 397 g/mol. The van der Waals surface area contributed by atoms with Crippen LogP contribution in [0.3, 0.4) is 0 Å². The highest BCUT2D eigenvalue weighted by molar-refractivity contribution is 7.99. The van der Waals surface area contributed by atoms with Crippen molar-refractivity contribution in [2.75, 3.05) is 18.2 Å². The van der Waals surface area contributed by atoms with E-state index >= 15 is 0 Å². The van der Waals surface area contributed by atoms with Gasteiger partial charge in [-0.15, -0.1) is 10.2 Å². The Kier molecular flexibility index (Phi) is 6.44. The van der Waals surface area contributed by atoms with E-state index in [2.05, 4.69) is 15.5 Å². The van der Waals surface area contributed by atoms with Crippen molar-refractivity contribution in [3.05, 3.63) is 71.1 Å². The van der Waals surface area contributed by atoms with Crippen LogP contribution >= 0.6 is 11.8 Å². The molecule has 2 aromatic carbocycles. The smallest absolute Gasteiger partial charge is 0.339 e. The van der Waals surface area contributed by atoms with Gasteiger partial charge in [0.1, 0.15) is 0 Å². The van der Waals surface area contributed by atoms with Crippen molar-refractivity contribution in [1.82, 2.24) is 10.2 Å². The van der Waals surface area contributed by atoms with E-state index in [-0.39, 0.29) is 11.7 Å². The Morgan fingerprint density at radius 2 is 1.86 bits per heavy atom. The second-order valence-corrected chi connectivity index (χ2v) is 6.92. The molecule has 3 aromatic rings. The van der Waals surface area contributed by atoms with Gasteiger partial charge in [0, 0.05) is 0 Å². The molecule has 0 saturated heterocycles. The standard InChI is InChI=1S/C20H19N3O4S/c1-13-7-9-14(10-8-13)11-18-22-23-20(27-18)28-12-17(24)21-16-6-4-3-5-15(16)19(25)26-2/h3-10H,11-12H2,1-2H3,(H,21,24). The number of amides is 1. The molecule has 0 unspecified atom stereocenters. The molecule has 1 amide bonds. The summed E-state index contributed by atoms with van der Waals surface area (Å²) in [7, 11) is 1.29. The third-order valence-electron chi connectivity index (χ3n) is 3.86. The van der Waals surface area contributed by atoms with Gasteiger partial charge in [-0.05, 0) is 24.6 Å². The number of carbonyl (C=O) groups excluding carboxylic acids is 2. The van der Waals surface area contributed by atoms with Crippen LogP contribution in [0.2, 0.25) is 0 Å². The molecule has 0 aliphatic rings. The first-order chi connectivity index (χ1) is 13.5. The van der Waals surface area contributed by atoms with Crippen LogP contribution in [-0.4, -0.2) is 34.9 Å². The van der Waals surface area contributed by atoms with Crippen molar-refractivity contribution < 1.29 is 18.7 Å². The first-order valence-corrected chi connectivity index (χ1v) is 9.51. The summed E-state index contributed by atoms with van der Waals surface area (Å²) in [5.74, 6) is -0.245. The maximum absolute atomic E-state index is 12.2. The number of ether oxygens (including phenoxy) is 1. The summed E-state index contributed by atoms with van der Waals surface area (Å²) >= 11 is 1.13. The topological polar surface area (TPSA) is 94.3 Å². The zero-order valence-electron chi connectivity index (χ0n) is 15.5. The fourth-order valence-corrected chi connectivity index (χ4v) is 3.02. The van der Waals surface area contributed by atoms with Crippen LogP contribution in [0.4, 0.5) is 5.69 Å². The van der Waals surface area contributed by atoms with Crippen LogP contribution in [0.25, 0.3) is 0 Å². The average Bonchev–Trinajstić information content (AvgIpc) is 3.15. The van der Waals surface area contributed by atoms with Gasteiger partial charge in [-0.3, -0.25) is 4.79 Å². The van der Waals surface area contributed by atoms with Crippen molar-refractivity contribution in [2.24, 2.45) is 0 Å². The number of anilines is 1. The molecule has 0 aliphatic carbocycles. The molecule has 0 bridgehead atoms. The van der Waals surface area contributed by atoms with Crippen LogP contribution in [0.15, 0.2) is 58.2 Å². The van der Waals surface area contributed by atoms with Gasteiger partial charge in [0.25, 0.3) is 5.22 Å². The van der Waals surface area contributed by atoms with Crippen molar-refractivity contribution in [3.8, 4) is 0 Å². The summed E-state index contributed by atoms with van der Waals surface area (Å²) in [6, 6.07) is 14.7. The monoisotopic (exact) mass is 397 g/mol. The van der Waals surface area contributed by atoms with E-state index in [0.717, 1.165) is 17.3 Å². The Labute approximate surface area is 166 Å². The van der Waals surface area contributed by atoms with Crippen molar-refractivity contribution in [1.29, 1.82) is 0 Å². The number of esters is 1. The van der Waals surface area contributed by atoms with Gasteiger partial charge >= 0.3 is 5.97 Å². The number of hydrogen-bond acceptors (Lipinski definition) is 7. The van der Waals surface area contributed by atoms with Gasteiger partial charge in [-0.25, -0.2) is 4.79 Å². The van der Waals surface area contributed by atoms with E-state index in [9.17, 15) is 9.59 Å². The summed E-state index contributed by atoms with van der Waals surface area (Å²) < 4.78 is 10.3. The molecule has 0 spiro atoms. The molecule has 8 heteroatoms. The van der Waals surface area contributed by atoms with Gasteiger partial charge in [-0.1, -0.05) is 53.7 Å². The van der Waals surface area contributed by atoms with Crippen LogP contribution < -0.4 is 5.32 Å². The third-order valence-corrected chi connectivity index (χ3v) is 4.68. The van der Waals surface area contributed by atoms with Gasteiger partial charge in [0.15, 0.2) is 0 Å². The second kappa shape index (κ2) is 9.18. The second-order valence-electron chi connectivity index (χ2n) is 6.00. The Morgan fingerprint density at radius 1 is 1.11 bits per heavy atom. The SMILES string of the molecule is COC(=O)c1ccccc1NC(=O)CSc1nnc(Cc2ccc(C)cc2)o1. The zero-order valence-corrected chi connectivity index (χ0v) is 16.3. The molecule has 1 N–H and O–H groups in total. The zero-order chi connectivity index (χ0) is 19.9. The highest BCUT2D eigenvalue weighted by Crippen LogP contribution is 2.20. The number of hydrogen-bond donors (Lipinski definition) is 1. The predicted octanol–water partition coefficient (Wildman–Crippen LogP) is 3.49. The van der Waals surface area contributed by atoms with E-state index in [0.29, 0.717) is 28.8 Å². The molecule has 0 atom stereocenters. The van der Waals surface area contributed by atoms with Crippen LogP contribution in [0.5, 0.6) is 0 Å². The number of para-hydroxylation sites is 1. The minimum atomic E-state index is -0.513. The number of benzene rings is 2. The number of aryl methyl sites for hydroxylation is 1. The summed E-state index contributed by atoms with van der Waals surface area (Å²) in [4.78, 5) is 24.0. The molecule has 1 heterocycles. The maximum atomic E-state index is 12.2. The first kappa shape index (κ1) is 19.6. The van der Waals surface area contributed by atoms with Gasteiger partial charge in [-0.2, -0.15) is 0 Å². The van der Waals surface area contributed by atoms with Crippen LogP contribution in [-0.2, 0) is 16.0 Å². The molecule has 3 rings (SSSR count). The molecule has 1 aromatic heterocycles. The molecule has 0 aliphatic heterocycles. The number of thioether (sulfide) groups is 1. The molecular weight excluding hydrogens is 378 g/mol. The van der Waals surface area contributed by atoms with E-state index < -0.39 is 5.97 Å². The summed E-state index contributed by atoms with van der Waals surface area (Å²) in [5.41, 5.74) is 2.94. The highest BCUT2D eigenvalue weighted by atomic mass is 32.2. The minimum absolute atomic E-state index is 0.0711. The largest absolute Gasteiger partial charge is 0.465 e. The lowest BCUT2D eigenvalue weighted by atomic mass is 10.1. The molecule has 28 heavy (non-hydrogen) atoms. The number of rotatable bonds is 7. The lowest BCUT2D eigenvalue weighted by molar-refractivity contribution is -0.113. The Balaban J connectivity index is 1.55. The number of nitrogens with one attached hydrogen (secondary N) is 1. The Morgan fingerprint density at radius 3 is 2.61 bits per heavy atom. The fourth-order valence-electron chi connectivity index (χ4n) is 2.44. The van der Waals surface area contributed by atoms with Gasteiger partial charge < -0.3 is 14.5 Å².